The minimum Gasteiger partial charge on any atom is -0.389 e. The van der Waals surface area contributed by atoms with Crippen molar-refractivity contribution < 1.29 is 14.7 Å². The fraction of sp³-hybridized carbons (Fsp3) is 0.600. The van der Waals surface area contributed by atoms with E-state index in [-0.39, 0.29) is 13.1 Å². The Morgan fingerprint density at radius 1 is 1.50 bits per heavy atom. The molecule has 0 aliphatic carbocycles. The zero-order valence-electron chi connectivity index (χ0n) is 5.28. The van der Waals surface area contributed by atoms with Crippen LogP contribution in [0.2, 0.25) is 0 Å². The summed E-state index contributed by atoms with van der Waals surface area (Å²) < 4.78 is 0. The molecule has 56 valence electrons. The Morgan fingerprint density at radius 2 is 2.00 bits per heavy atom. The van der Waals surface area contributed by atoms with Gasteiger partial charge in [-0.05, 0) is 0 Å². The summed E-state index contributed by atoms with van der Waals surface area (Å²) in [6.45, 7) is 0.448. The van der Waals surface area contributed by atoms with Crippen LogP contribution in [0.3, 0.4) is 0 Å². The smallest absolute Gasteiger partial charge is 0.311 e. The number of likely N-dealkylation sites (tertiary alicyclic amines) is 1. The van der Waals surface area contributed by atoms with Gasteiger partial charge in [-0.3, -0.25) is 9.59 Å². The van der Waals surface area contributed by atoms with E-state index in [1.807, 2.05) is 0 Å². The van der Waals surface area contributed by atoms with E-state index < -0.39 is 17.9 Å². The van der Waals surface area contributed by atoms with Crippen molar-refractivity contribution in [1.29, 1.82) is 0 Å². The maximum absolute atomic E-state index is 10.6. The van der Waals surface area contributed by atoms with Gasteiger partial charge in [0, 0.05) is 13.1 Å². The molecule has 0 unspecified atom stereocenters. The molecular weight excluding hydrogens is 136 g/mol. The van der Waals surface area contributed by atoms with Crippen molar-refractivity contribution in [3.05, 3.63) is 0 Å². The second-order valence-corrected chi connectivity index (χ2v) is 2.23. The Balaban J connectivity index is 2.38. The molecule has 2 amide bonds. The molecule has 10 heavy (non-hydrogen) atoms. The highest BCUT2D eigenvalue weighted by molar-refractivity contribution is 6.34. The molecule has 5 nitrogen and oxygen atoms in total. The van der Waals surface area contributed by atoms with Crippen molar-refractivity contribution in [2.24, 2.45) is 5.73 Å². The molecule has 1 saturated heterocycles. The minimum absolute atomic E-state index is 0.224. The van der Waals surface area contributed by atoms with Gasteiger partial charge < -0.3 is 15.7 Å². The number of amides is 2. The van der Waals surface area contributed by atoms with E-state index >= 15 is 0 Å². The number of aliphatic hydroxyl groups is 1. The highest BCUT2D eigenvalue weighted by Crippen LogP contribution is 2.06. The van der Waals surface area contributed by atoms with Gasteiger partial charge in [-0.2, -0.15) is 0 Å². The number of aliphatic hydroxyl groups excluding tert-OH is 1. The van der Waals surface area contributed by atoms with Gasteiger partial charge in [0.25, 0.3) is 0 Å². The summed E-state index contributed by atoms with van der Waals surface area (Å²) in [5, 5.41) is 8.70. The van der Waals surface area contributed by atoms with Crippen molar-refractivity contribution in [2.75, 3.05) is 13.1 Å². The van der Waals surface area contributed by atoms with Crippen molar-refractivity contribution in [2.45, 2.75) is 6.10 Å². The lowest BCUT2D eigenvalue weighted by Crippen LogP contribution is -2.56. The molecule has 1 rings (SSSR count). The average Bonchev–Trinajstić information content (AvgIpc) is 1.79. The topological polar surface area (TPSA) is 83.6 Å². The predicted octanol–water partition coefficient (Wildman–Crippen LogP) is -2.33. The van der Waals surface area contributed by atoms with Crippen molar-refractivity contribution in [3.63, 3.8) is 0 Å². The van der Waals surface area contributed by atoms with E-state index in [1.54, 1.807) is 0 Å². The summed E-state index contributed by atoms with van der Waals surface area (Å²) in [6, 6.07) is 0. The Hall–Kier alpha value is -1.10. The first-order valence-corrected chi connectivity index (χ1v) is 2.88. The monoisotopic (exact) mass is 144 g/mol. The fourth-order valence-electron chi connectivity index (χ4n) is 0.777. The molecule has 1 aliphatic heterocycles. The average molecular weight is 144 g/mol. The molecule has 1 aliphatic rings. The normalized spacial score (nSPS) is 18.3. The molecule has 0 saturated carbocycles. The molecule has 0 aromatic rings. The van der Waals surface area contributed by atoms with Crippen LogP contribution in [0.4, 0.5) is 0 Å². The molecule has 0 spiro atoms. The highest BCUT2D eigenvalue weighted by Gasteiger charge is 2.31. The van der Waals surface area contributed by atoms with Gasteiger partial charge in [0.1, 0.15) is 0 Å². The maximum Gasteiger partial charge on any atom is 0.311 e. The van der Waals surface area contributed by atoms with Crippen LogP contribution < -0.4 is 5.73 Å². The lowest BCUT2D eigenvalue weighted by Gasteiger charge is -2.34. The number of β-amino-alcohol motifs (C(OH)–C–C–N with tert-alkyl or cyclic N) is 1. The number of nitrogens with zero attached hydrogens (tertiary/aromatic N) is 1. The van der Waals surface area contributed by atoms with Crippen LogP contribution in [-0.4, -0.2) is 41.0 Å². The fourth-order valence-corrected chi connectivity index (χ4v) is 0.777. The van der Waals surface area contributed by atoms with Crippen LogP contribution in [0.5, 0.6) is 0 Å². The summed E-state index contributed by atoms with van der Waals surface area (Å²) in [6.07, 6.45) is -0.483. The first-order valence-electron chi connectivity index (χ1n) is 2.88. The van der Waals surface area contributed by atoms with E-state index in [0.29, 0.717) is 0 Å². The zero-order chi connectivity index (χ0) is 7.72. The van der Waals surface area contributed by atoms with E-state index in [4.69, 9.17) is 5.11 Å². The predicted molar refractivity (Wildman–Crippen MR) is 31.8 cm³/mol. The van der Waals surface area contributed by atoms with Gasteiger partial charge in [-0.1, -0.05) is 0 Å². The zero-order valence-corrected chi connectivity index (χ0v) is 5.28. The lowest BCUT2D eigenvalue weighted by atomic mass is 10.2. The summed E-state index contributed by atoms with van der Waals surface area (Å²) in [5.41, 5.74) is 4.68. The molecule has 0 aromatic heterocycles. The van der Waals surface area contributed by atoms with Crippen LogP contribution in [-0.2, 0) is 9.59 Å². The third-order valence-corrected chi connectivity index (χ3v) is 1.36. The highest BCUT2D eigenvalue weighted by atomic mass is 16.3. The van der Waals surface area contributed by atoms with E-state index in [1.165, 1.54) is 4.90 Å². The second-order valence-electron chi connectivity index (χ2n) is 2.23. The number of hydrogen-bond donors (Lipinski definition) is 2. The SMILES string of the molecule is NC(=O)C(=O)N1CC(O)C1. The molecular formula is C5H8N2O3. The maximum atomic E-state index is 10.6. The summed E-state index contributed by atoms with van der Waals surface area (Å²) in [4.78, 5) is 22.0. The van der Waals surface area contributed by atoms with Gasteiger partial charge in [0.05, 0.1) is 6.10 Å². The third-order valence-electron chi connectivity index (χ3n) is 1.36. The Labute approximate surface area is 57.4 Å². The van der Waals surface area contributed by atoms with Crippen molar-refractivity contribution in [3.8, 4) is 0 Å². The summed E-state index contributed by atoms with van der Waals surface area (Å²) in [5.74, 6) is -1.68. The quantitative estimate of drug-likeness (QED) is 0.374. The Bertz CT molecular complexity index is 174. The molecule has 3 N–H and O–H groups in total. The molecule has 5 heteroatoms. The van der Waals surface area contributed by atoms with Gasteiger partial charge in [-0.25, -0.2) is 0 Å². The largest absolute Gasteiger partial charge is 0.389 e. The van der Waals surface area contributed by atoms with Gasteiger partial charge in [0.2, 0.25) is 0 Å². The molecule has 1 heterocycles. The lowest BCUT2D eigenvalue weighted by molar-refractivity contribution is -0.151. The number of carbonyl (C=O) groups excluding carboxylic acids is 2. The number of hydrogen-bond acceptors (Lipinski definition) is 3. The van der Waals surface area contributed by atoms with Crippen LogP contribution >= 0.6 is 0 Å². The molecule has 0 atom stereocenters. The first-order chi connectivity index (χ1) is 4.61. The Kier molecular flexibility index (Phi) is 1.58. The summed E-state index contributed by atoms with van der Waals surface area (Å²) >= 11 is 0. The van der Waals surface area contributed by atoms with Crippen LogP contribution in [0.25, 0.3) is 0 Å². The second kappa shape index (κ2) is 2.26. The molecule has 0 aromatic carbocycles. The number of primary amides is 1. The van der Waals surface area contributed by atoms with Gasteiger partial charge in [0.15, 0.2) is 0 Å². The van der Waals surface area contributed by atoms with Gasteiger partial charge >= 0.3 is 11.8 Å². The van der Waals surface area contributed by atoms with E-state index in [9.17, 15) is 9.59 Å². The van der Waals surface area contributed by atoms with E-state index in [0.717, 1.165) is 0 Å². The number of nitrogens with two attached hydrogens (primary N) is 1. The molecule has 0 radical (unpaired) electrons. The van der Waals surface area contributed by atoms with Crippen LogP contribution in [0.1, 0.15) is 0 Å². The summed E-state index contributed by atoms with van der Waals surface area (Å²) in [7, 11) is 0. The molecule has 1 fully saturated rings. The van der Waals surface area contributed by atoms with Crippen molar-refractivity contribution >= 4 is 11.8 Å². The van der Waals surface area contributed by atoms with Crippen molar-refractivity contribution in [1.82, 2.24) is 4.90 Å². The van der Waals surface area contributed by atoms with Crippen LogP contribution in [0.15, 0.2) is 0 Å². The number of rotatable bonds is 0. The third kappa shape index (κ3) is 1.08. The van der Waals surface area contributed by atoms with Crippen LogP contribution in [0, 0.1) is 0 Å². The van der Waals surface area contributed by atoms with Gasteiger partial charge in [-0.15, -0.1) is 0 Å². The first kappa shape index (κ1) is 7.01. The standard InChI is InChI=1S/C5H8N2O3/c6-4(9)5(10)7-1-3(8)2-7/h3,8H,1-2H2,(H2,6,9). The van der Waals surface area contributed by atoms with E-state index in [2.05, 4.69) is 5.73 Å². The number of carbonyl (C=O) groups is 2. The Morgan fingerprint density at radius 3 is 2.30 bits per heavy atom. The molecule has 0 bridgehead atoms. The minimum atomic E-state index is -0.966.